The number of fused-ring (bicyclic) bond motifs is 1. The molecule has 138 valence electrons. The lowest BCUT2D eigenvalue weighted by Gasteiger charge is -2.30. The van der Waals surface area contributed by atoms with Crippen LogP contribution in [0.15, 0.2) is 30.3 Å². The zero-order valence-electron chi connectivity index (χ0n) is 15.2. The number of rotatable bonds is 8. The van der Waals surface area contributed by atoms with Gasteiger partial charge in [0.15, 0.2) is 0 Å². The molecule has 1 aliphatic carbocycles. The highest BCUT2D eigenvalue weighted by molar-refractivity contribution is 5.68. The van der Waals surface area contributed by atoms with E-state index in [1.807, 2.05) is 6.07 Å². The van der Waals surface area contributed by atoms with Crippen LogP contribution in [0.3, 0.4) is 0 Å². The van der Waals surface area contributed by atoms with Crippen molar-refractivity contribution >= 4 is 5.97 Å². The van der Waals surface area contributed by atoms with Gasteiger partial charge in [0.25, 0.3) is 0 Å². The molecule has 1 aromatic rings. The first kappa shape index (κ1) is 18.4. The van der Waals surface area contributed by atoms with Gasteiger partial charge in [-0.15, -0.1) is 0 Å². The number of carbonyl (C=O) groups is 1. The number of hydrogen-bond acceptors (Lipinski definition) is 4. The highest BCUT2D eigenvalue weighted by Crippen LogP contribution is 2.41. The van der Waals surface area contributed by atoms with Crippen LogP contribution in [0.4, 0.5) is 0 Å². The van der Waals surface area contributed by atoms with Gasteiger partial charge in [-0.25, -0.2) is 0 Å². The number of esters is 1. The SMILES string of the molecule is COC(=O)CCCC1CC2CC(COCc3ccccc3)CCC2O1. The second-order valence-corrected chi connectivity index (χ2v) is 7.44. The fraction of sp³-hybridized carbons (Fsp3) is 0.667. The molecule has 4 unspecified atom stereocenters. The van der Waals surface area contributed by atoms with Crippen molar-refractivity contribution in [2.24, 2.45) is 11.8 Å². The maximum absolute atomic E-state index is 11.2. The normalized spacial score (nSPS) is 28.5. The topological polar surface area (TPSA) is 44.8 Å². The second-order valence-electron chi connectivity index (χ2n) is 7.44. The third-order valence-corrected chi connectivity index (χ3v) is 5.55. The predicted molar refractivity (Wildman–Crippen MR) is 96.1 cm³/mol. The van der Waals surface area contributed by atoms with Crippen LogP contribution in [0.5, 0.6) is 0 Å². The molecule has 0 N–H and O–H groups in total. The molecule has 0 amide bonds. The van der Waals surface area contributed by atoms with Crippen molar-refractivity contribution in [3.05, 3.63) is 35.9 Å². The predicted octanol–water partition coefficient (Wildman–Crippen LogP) is 4.12. The van der Waals surface area contributed by atoms with Crippen molar-refractivity contribution in [2.45, 2.75) is 63.8 Å². The fourth-order valence-electron chi connectivity index (χ4n) is 4.23. The van der Waals surface area contributed by atoms with Crippen molar-refractivity contribution in [1.82, 2.24) is 0 Å². The molecule has 0 bridgehead atoms. The molecule has 1 aliphatic heterocycles. The molecule has 0 radical (unpaired) electrons. The zero-order chi connectivity index (χ0) is 17.5. The molecule has 2 fully saturated rings. The van der Waals surface area contributed by atoms with Crippen LogP contribution in [-0.2, 0) is 25.6 Å². The Morgan fingerprint density at radius 2 is 2.04 bits per heavy atom. The van der Waals surface area contributed by atoms with E-state index in [1.165, 1.54) is 25.5 Å². The van der Waals surface area contributed by atoms with E-state index in [0.29, 0.717) is 37.1 Å². The molecule has 1 aromatic carbocycles. The second kappa shape index (κ2) is 9.35. The van der Waals surface area contributed by atoms with Crippen LogP contribution in [0.2, 0.25) is 0 Å². The van der Waals surface area contributed by atoms with Gasteiger partial charge in [-0.2, -0.15) is 0 Å². The molecule has 0 spiro atoms. The van der Waals surface area contributed by atoms with Crippen molar-refractivity contribution in [3.63, 3.8) is 0 Å². The Morgan fingerprint density at radius 1 is 1.20 bits per heavy atom. The number of ether oxygens (including phenoxy) is 3. The van der Waals surface area contributed by atoms with Gasteiger partial charge in [0.2, 0.25) is 0 Å². The Labute approximate surface area is 150 Å². The Hall–Kier alpha value is -1.39. The minimum Gasteiger partial charge on any atom is -0.469 e. The monoisotopic (exact) mass is 346 g/mol. The van der Waals surface area contributed by atoms with Crippen molar-refractivity contribution in [1.29, 1.82) is 0 Å². The molecule has 4 atom stereocenters. The van der Waals surface area contributed by atoms with Gasteiger partial charge in [-0.1, -0.05) is 30.3 Å². The summed E-state index contributed by atoms with van der Waals surface area (Å²) in [6.07, 6.45) is 7.78. The lowest BCUT2D eigenvalue weighted by atomic mass is 9.79. The highest BCUT2D eigenvalue weighted by atomic mass is 16.5. The Kier molecular flexibility index (Phi) is 6.88. The van der Waals surface area contributed by atoms with Crippen LogP contribution in [0.25, 0.3) is 0 Å². The molecule has 1 saturated carbocycles. The van der Waals surface area contributed by atoms with E-state index in [4.69, 9.17) is 14.2 Å². The third-order valence-electron chi connectivity index (χ3n) is 5.55. The van der Waals surface area contributed by atoms with E-state index < -0.39 is 0 Å². The quantitative estimate of drug-likeness (QED) is 0.664. The summed E-state index contributed by atoms with van der Waals surface area (Å²) < 4.78 is 16.9. The average molecular weight is 346 g/mol. The van der Waals surface area contributed by atoms with Gasteiger partial charge in [-0.3, -0.25) is 4.79 Å². The van der Waals surface area contributed by atoms with Crippen LogP contribution in [-0.4, -0.2) is 31.9 Å². The molecule has 25 heavy (non-hydrogen) atoms. The summed E-state index contributed by atoms with van der Waals surface area (Å²) in [5, 5.41) is 0. The minimum atomic E-state index is -0.119. The first-order chi connectivity index (χ1) is 12.2. The molecular formula is C21H30O4. The molecule has 3 rings (SSSR count). The van der Waals surface area contributed by atoms with E-state index in [-0.39, 0.29) is 5.97 Å². The number of carbonyl (C=O) groups excluding carboxylic acids is 1. The van der Waals surface area contributed by atoms with Crippen molar-refractivity contribution < 1.29 is 19.0 Å². The first-order valence-corrected chi connectivity index (χ1v) is 9.58. The zero-order valence-corrected chi connectivity index (χ0v) is 15.2. The van der Waals surface area contributed by atoms with E-state index in [2.05, 4.69) is 24.3 Å². The Bertz CT molecular complexity index is 530. The summed E-state index contributed by atoms with van der Waals surface area (Å²) in [5.41, 5.74) is 1.24. The molecule has 2 aliphatic rings. The summed E-state index contributed by atoms with van der Waals surface area (Å²) in [5.74, 6) is 1.20. The standard InChI is InChI=1S/C21H30O4/c1-23-21(22)9-5-8-19-13-18-12-17(10-11-20(18)25-19)15-24-14-16-6-3-2-4-7-16/h2-4,6-7,17-20H,5,8-15H2,1H3. The van der Waals surface area contributed by atoms with Gasteiger partial charge in [0.05, 0.1) is 25.9 Å². The summed E-state index contributed by atoms with van der Waals surface area (Å²) in [4.78, 5) is 11.2. The molecule has 4 heteroatoms. The van der Waals surface area contributed by atoms with E-state index in [9.17, 15) is 4.79 Å². The Morgan fingerprint density at radius 3 is 2.84 bits per heavy atom. The average Bonchev–Trinajstić information content (AvgIpc) is 3.04. The van der Waals surface area contributed by atoms with Gasteiger partial charge in [0, 0.05) is 13.0 Å². The van der Waals surface area contributed by atoms with E-state index >= 15 is 0 Å². The van der Waals surface area contributed by atoms with Gasteiger partial charge < -0.3 is 14.2 Å². The molecule has 1 saturated heterocycles. The molecular weight excluding hydrogens is 316 g/mol. The number of methoxy groups -OCH3 is 1. The van der Waals surface area contributed by atoms with Crippen LogP contribution >= 0.6 is 0 Å². The largest absolute Gasteiger partial charge is 0.469 e. The number of hydrogen-bond donors (Lipinski definition) is 0. The van der Waals surface area contributed by atoms with Crippen LogP contribution < -0.4 is 0 Å². The minimum absolute atomic E-state index is 0.119. The van der Waals surface area contributed by atoms with Crippen LogP contribution in [0.1, 0.15) is 50.5 Å². The third kappa shape index (κ3) is 5.55. The lowest BCUT2D eigenvalue weighted by molar-refractivity contribution is -0.140. The molecule has 1 heterocycles. The lowest BCUT2D eigenvalue weighted by Crippen LogP contribution is -2.28. The molecule has 0 aromatic heterocycles. The highest BCUT2D eigenvalue weighted by Gasteiger charge is 2.39. The molecule has 4 nitrogen and oxygen atoms in total. The van der Waals surface area contributed by atoms with Gasteiger partial charge in [-0.05, 0) is 55.9 Å². The summed E-state index contributed by atoms with van der Waals surface area (Å²) in [7, 11) is 1.45. The van der Waals surface area contributed by atoms with Crippen LogP contribution in [0, 0.1) is 11.8 Å². The summed E-state index contributed by atoms with van der Waals surface area (Å²) in [6.45, 7) is 1.56. The maximum atomic E-state index is 11.2. The van der Waals surface area contributed by atoms with E-state index in [1.54, 1.807) is 0 Å². The van der Waals surface area contributed by atoms with Gasteiger partial charge >= 0.3 is 5.97 Å². The maximum Gasteiger partial charge on any atom is 0.305 e. The van der Waals surface area contributed by atoms with Gasteiger partial charge in [0.1, 0.15) is 0 Å². The smallest absolute Gasteiger partial charge is 0.305 e. The summed E-state index contributed by atoms with van der Waals surface area (Å²) >= 11 is 0. The fourth-order valence-corrected chi connectivity index (χ4v) is 4.23. The number of benzene rings is 1. The van der Waals surface area contributed by atoms with E-state index in [0.717, 1.165) is 32.3 Å². The van der Waals surface area contributed by atoms with Crippen molar-refractivity contribution in [3.8, 4) is 0 Å². The van der Waals surface area contributed by atoms with Crippen molar-refractivity contribution in [2.75, 3.05) is 13.7 Å². The first-order valence-electron chi connectivity index (χ1n) is 9.58. The summed E-state index contributed by atoms with van der Waals surface area (Å²) in [6, 6.07) is 10.4. The Balaban J connectivity index is 1.35.